The van der Waals surface area contributed by atoms with Crippen molar-refractivity contribution in [2.75, 3.05) is 13.1 Å². The normalized spacial score (nSPS) is 14.8. The number of hydrogen-bond acceptors (Lipinski definition) is 6. The van der Waals surface area contributed by atoms with Crippen LogP contribution < -0.4 is 4.74 Å². The molecule has 158 valence electrons. The molecule has 0 radical (unpaired) electrons. The Morgan fingerprint density at radius 2 is 1.90 bits per heavy atom. The van der Waals surface area contributed by atoms with Gasteiger partial charge in [0.1, 0.15) is 17.4 Å². The maximum Gasteiger partial charge on any atom is 0.276 e. The summed E-state index contributed by atoms with van der Waals surface area (Å²) in [6, 6.07) is 13.2. The van der Waals surface area contributed by atoms with Crippen molar-refractivity contribution in [2.24, 2.45) is 0 Å². The summed E-state index contributed by atoms with van der Waals surface area (Å²) in [6.45, 7) is 0.982. The fourth-order valence-corrected chi connectivity index (χ4v) is 4.50. The van der Waals surface area contributed by atoms with E-state index in [9.17, 15) is 13.6 Å². The number of benzene rings is 2. The van der Waals surface area contributed by atoms with E-state index < -0.39 is 11.6 Å². The molecule has 1 saturated heterocycles. The number of amides is 1. The molecule has 1 aliphatic heterocycles. The van der Waals surface area contributed by atoms with Gasteiger partial charge in [0.25, 0.3) is 11.1 Å². The average Bonchev–Trinajstić information content (AvgIpc) is 3.42. The zero-order valence-corrected chi connectivity index (χ0v) is 17.1. The fourth-order valence-electron chi connectivity index (χ4n) is 3.58. The minimum Gasteiger partial charge on any atom is -0.467 e. The molecule has 0 N–H and O–H groups in total. The standard InChI is InChI=1S/C22H17F2N3O3S/c23-14-10-16(24)20-19(11-14)31-22(25-20)29-15-6-8-27(9-7-15)21(28)17-12-18(30-26-17)13-4-2-1-3-5-13/h1-5,10-12,15H,6-9H2. The molecule has 31 heavy (non-hydrogen) atoms. The topological polar surface area (TPSA) is 68.5 Å². The average molecular weight is 441 g/mol. The first-order chi connectivity index (χ1) is 15.1. The summed E-state index contributed by atoms with van der Waals surface area (Å²) in [6.07, 6.45) is 1.04. The zero-order valence-electron chi connectivity index (χ0n) is 16.3. The number of hydrogen-bond donors (Lipinski definition) is 0. The highest BCUT2D eigenvalue weighted by atomic mass is 32.1. The van der Waals surface area contributed by atoms with Gasteiger partial charge in [0.05, 0.1) is 4.70 Å². The van der Waals surface area contributed by atoms with E-state index in [2.05, 4.69) is 10.1 Å². The van der Waals surface area contributed by atoms with Crippen LogP contribution in [0.5, 0.6) is 5.19 Å². The summed E-state index contributed by atoms with van der Waals surface area (Å²) in [5.41, 5.74) is 1.23. The van der Waals surface area contributed by atoms with E-state index in [1.54, 1.807) is 11.0 Å². The molecule has 1 aliphatic rings. The van der Waals surface area contributed by atoms with Crippen molar-refractivity contribution in [3.05, 3.63) is 65.9 Å². The van der Waals surface area contributed by atoms with Crippen LogP contribution in [-0.2, 0) is 0 Å². The molecule has 2 aromatic heterocycles. The van der Waals surface area contributed by atoms with Gasteiger partial charge in [-0.2, -0.15) is 4.98 Å². The minimum absolute atomic E-state index is 0.106. The Kier molecular flexibility index (Phi) is 5.11. The number of likely N-dealkylation sites (tertiary alicyclic amines) is 1. The molecule has 0 bridgehead atoms. The number of fused-ring (bicyclic) bond motifs is 1. The molecule has 0 spiro atoms. The van der Waals surface area contributed by atoms with Gasteiger partial charge in [0.15, 0.2) is 17.3 Å². The minimum atomic E-state index is -0.705. The highest BCUT2D eigenvalue weighted by Gasteiger charge is 2.27. The molecular formula is C22H17F2N3O3S. The van der Waals surface area contributed by atoms with Crippen LogP contribution in [0.1, 0.15) is 23.3 Å². The van der Waals surface area contributed by atoms with Gasteiger partial charge in [-0.15, -0.1) is 0 Å². The Morgan fingerprint density at radius 3 is 2.68 bits per heavy atom. The number of nitrogens with zero attached hydrogens (tertiary/aromatic N) is 3. The third-order valence-corrected chi connectivity index (χ3v) is 6.07. The SMILES string of the molecule is O=C(c1cc(-c2ccccc2)on1)N1CCC(Oc2nc3c(F)cc(F)cc3s2)CC1. The number of carbonyl (C=O) groups excluding carboxylic acids is 1. The molecule has 6 nitrogen and oxygen atoms in total. The van der Waals surface area contributed by atoms with Crippen LogP contribution in [0, 0.1) is 11.6 Å². The van der Waals surface area contributed by atoms with Crippen LogP contribution in [0.3, 0.4) is 0 Å². The van der Waals surface area contributed by atoms with Crippen molar-refractivity contribution < 1.29 is 22.8 Å². The highest BCUT2D eigenvalue weighted by Crippen LogP contribution is 2.32. The fraction of sp³-hybridized carbons (Fsp3) is 0.227. The first-order valence-electron chi connectivity index (χ1n) is 9.80. The highest BCUT2D eigenvalue weighted by molar-refractivity contribution is 7.20. The van der Waals surface area contributed by atoms with Gasteiger partial charge >= 0.3 is 0 Å². The summed E-state index contributed by atoms with van der Waals surface area (Å²) in [5, 5.41) is 4.22. The van der Waals surface area contributed by atoms with Crippen LogP contribution >= 0.6 is 11.3 Å². The monoisotopic (exact) mass is 441 g/mol. The van der Waals surface area contributed by atoms with E-state index in [4.69, 9.17) is 9.26 Å². The van der Waals surface area contributed by atoms with Crippen molar-refractivity contribution in [3.8, 4) is 16.5 Å². The zero-order chi connectivity index (χ0) is 21.4. The molecule has 9 heteroatoms. The van der Waals surface area contributed by atoms with Crippen molar-refractivity contribution in [3.63, 3.8) is 0 Å². The lowest BCUT2D eigenvalue weighted by atomic mass is 10.1. The quantitative estimate of drug-likeness (QED) is 0.450. The molecule has 0 unspecified atom stereocenters. The van der Waals surface area contributed by atoms with Crippen molar-refractivity contribution >= 4 is 27.5 Å². The van der Waals surface area contributed by atoms with Gasteiger partial charge in [0.2, 0.25) is 0 Å². The molecule has 1 fully saturated rings. The summed E-state index contributed by atoms with van der Waals surface area (Å²) < 4.78 is 38.8. The van der Waals surface area contributed by atoms with Gasteiger partial charge in [0, 0.05) is 43.6 Å². The van der Waals surface area contributed by atoms with E-state index in [1.165, 1.54) is 6.07 Å². The largest absolute Gasteiger partial charge is 0.467 e. The molecule has 5 rings (SSSR count). The molecule has 3 heterocycles. The molecule has 1 amide bonds. The van der Waals surface area contributed by atoms with Crippen molar-refractivity contribution in [2.45, 2.75) is 18.9 Å². The van der Waals surface area contributed by atoms with E-state index in [1.807, 2.05) is 30.3 Å². The molecule has 0 atom stereocenters. The predicted octanol–water partition coefficient (Wildman–Crippen LogP) is 4.91. The van der Waals surface area contributed by atoms with Crippen molar-refractivity contribution in [1.29, 1.82) is 0 Å². The second-order valence-corrected chi connectivity index (χ2v) is 8.26. The number of carbonyl (C=O) groups is 1. The summed E-state index contributed by atoms with van der Waals surface area (Å²) in [4.78, 5) is 18.6. The summed E-state index contributed by atoms with van der Waals surface area (Å²) in [5.74, 6) is -0.997. The lowest BCUT2D eigenvalue weighted by Crippen LogP contribution is -2.41. The Balaban J connectivity index is 1.21. The van der Waals surface area contributed by atoms with Gasteiger partial charge in [-0.3, -0.25) is 4.79 Å². The van der Waals surface area contributed by atoms with Crippen LogP contribution in [0.2, 0.25) is 0 Å². The van der Waals surface area contributed by atoms with Crippen molar-refractivity contribution in [1.82, 2.24) is 15.0 Å². The molecule has 0 saturated carbocycles. The number of aromatic nitrogens is 2. The van der Waals surface area contributed by atoms with Gasteiger partial charge in [-0.1, -0.05) is 46.8 Å². The number of rotatable bonds is 4. The second kappa shape index (κ2) is 8.07. The number of halogens is 2. The maximum absolute atomic E-state index is 13.8. The molecular weight excluding hydrogens is 424 g/mol. The van der Waals surface area contributed by atoms with E-state index in [-0.39, 0.29) is 23.2 Å². The molecule has 4 aromatic rings. The van der Waals surface area contributed by atoms with Crippen LogP contribution in [0.15, 0.2) is 53.1 Å². The van der Waals surface area contributed by atoms with Crippen LogP contribution in [0.25, 0.3) is 21.5 Å². The number of thiazole rings is 1. The van der Waals surface area contributed by atoms with Crippen LogP contribution in [0.4, 0.5) is 8.78 Å². The Morgan fingerprint density at radius 1 is 1.13 bits per heavy atom. The first kappa shape index (κ1) is 19.6. The number of ether oxygens (including phenoxy) is 1. The number of piperidine rings is 1. The Hall–Kier alpha value is -3.33. The van der Waals surface area contributed by atoms with E-state index in [0.29, 0.717) is 41.6 Å². The maximum atomic E-state index is 13.8. The van der Waals surface area contributed by atoms with Gasteiger partial charge < -0.3 is 14.2 Å². The summed E-state index contributed by atoms with van der Waals surface area (Å²) in [7, 11) is 0. The van der Waals surface area contributed by atoms with E-state index in [0.717, 1.165) is 23.0 Å². The van der Waals surface area contributed by atoms with Crippen LogP contribution in [-0.4, -0.2) is 40.1 Å². The lowest BCUT2D eigenvalue weighted by Gasteiger charge is -2.31. The molecule has 2 aromatic carbocycles. The predicted molar refractivity (Wildman–Crippen MR) is 111 cm³/mol. The van der Waals surface area contributed by atoms with Gasteiger partial charge in [-0.05, 0) is 6.07 Å². The first-order valence-corrected chi connectivity index (χ1v) is 10.6. The summed E-state index contributed by atoms with van der Waals surface area (Å²) >= 11 is 1.11. The van der Waals surface area contributed by atoms with E-state index >= 15 is 0 Å². The third kappa shape index (κ3) is 4.00. The second-order valence-electron chi connectivity index (χ2n) is 7.27. The van der Waals surface area contributed by atoms with Gasteiger partial charge in [-0.25, -0.2) is 8.78 Å². The third-order valence-electron chi connectivity index (χ3n) is 5.18. The smallest absolute Gasteiger partial charge is 0.276 e. The Labute approximate surface area is 180 Å². The lowest BCUT2D eigenvalue weighted by molar-refractivity contribution is 0.0586. The Bertz CT molecular complexity index is 1230. The molecule has 0 aliphatic carbocycles.